The van der Waals surface area contributed by atoms with Crippen LogP contribution >= 0.6 is 23.2 Å². The summed E-state index contributed by atoms with van der Waals surface area (Å²) < 4.78 is 5.75. The molecular weight excluding hydrogens is 305 g/mol. The molecule has 0 atom stereocenters. The fourth-order valence-corrected chi connectivity index (χ4v) is 2.44. The summed E-state index contributed by atoms with van der Waals surface area (Å²) in [6.07, 6.45) is 1.12. The Hall–Kier alpha value is -1.22. The number of hydrogen-bond acceptors (Lipinski definition) is 2. The molecule has 0 aromatic heterocycles. The van der Waals surface area contributed by atoms with E-state index in [-0.39, 0.29) is 0 Å². The molecule has 112 valence electrons. The molecule has 4 heteroatoms. The van der Waals surface area contributed by atoms with Gasteiger partial charge in [-0.15, -0.1) is 0 Å². The van der Waals surface area contributed by atoms with E-state index < -0.39 is 0 Å². The third-order valence-corrected chi connectivity index (χ3v) is 3.57. The van der Waals surface area contributed by atoms with Crippen LogP contribution in [0.1, 0.15) is 24.5 Å². The van der Waals surface area contributed by atoms with Gasteiger partial charge in [-0.25, -0.2) is 0 Å². The van der Waals surface area contributed by atoms with Crippen molar-refractivity contribution in [3.63, 3.8) is 0 Å². The van der Waals surface area contributed by atoms with E-state index in [1.165, 1.54) is 0 Å². The average Bonchev–Trinajstić information content (AvgIpc) is 2.47. The van der Waals surface area contributed by atoms with E-state index in [1.54, 1.807) is 0 Å². The van der Waals surface area contributed by atoms with E-state index >= 15 is 0 Å². The van der Waals surface area contributed by atoms with Crippen LogP contribution in [-0.4, -0.2) is 6.54 Å². The first kappa shape index (κ1) is 16.2. The van der Waals surface area contributed by atoms with Gasteiger partial charge in [-0.2, -0.15) is 0 Å². The largest absolute Gasteiger partial charge is 0.487 e. The van der Waals surface area contributed by atoms with Gasteiger partial charge in [0.15, 0.2) is 0 Å². The van der Waals surface area contributed by atoms with Crippen LogP contribution in [0.2, 0.25) is 10.0 Å². The van der Waals surface area contributed by atoms with Gasteiger partial charge in [-0.05, 0) is 48.4 Å². The minimum atomic E-state index is 0.452. The Kier molecular flexibility index (Phi) is 6.37. The molecule has 0 amide bonds. The Bertz CT molecular complexity index is 587. The number of nitrogens with one attached hydrogen (secondary N) is 1. The van der Waals surface area contributed by atoms with Crippen LogP contribution in [0.4, 0.5) is 0 Å². The quantitative estimate of drug-likeness (QED) is 0.718. The first-order valence-electron chi connectivity index (χ1n) is 7.05. The van der Waals surface area contributed by atoms with Crippen LogP contribution < -0.4 is 10.1 Å². The van der Waals surface area contributed by atoms with E-state index in [2.05, 4.69) is 12.2 Å². The maximum atomic E-state index is 6.26. The summed E-state index contributed by atoms with van der Waals surface area (Å²) in [5.41, 5.74) is 2.18. The molecule has 0 radical (unpaired) electrons. The third kappa shape index (κ3) is 5.24. The molecule has 0 spiro atoms. The zero-order chi connectivity index (χ0) is 15.1. The predicted molar refractivity (Wildman–Crippen MR) is 89.2 cm³/mol. The highest BCUT2D eigenvalue weighted by atomic mass is 35.5. The predicted octanol–water partition coefficient (Wildman–Crippen LogP) is 5.07. The molecule has 0 aliphatic rings. The van der Waals surface area contributed by atoms with Crippen LogP contribution in [0.25, 0.3) is 0 Å². The van der Waals surface area contributed by atoms with Crippen LogP contribution in [0.15, 0.2) is 42.5 Å². The highest BCUT2D eigenvalue weighted by Gasteiger charge is 2.04. The summed E-state index contributed by atoms with van der Waals surface area (Å²) in [7, 11) is 0. The van der Waals surface area contributed by atoms with E-state index in [0.29, 0.717) is 22.4 Å². The Morgan fingerprint density at radius 1 is 1.05 bits per heavy atom. The highest BCUT2D eigenvalue weighted by molar-refractivity contribution is 6.32. The van der Waals surface area contributed by atoms with Crippen LogP contribution in [0.5, 0.6) is 5.75 Å². The number of hydrogen-bond donors (Lipinski definition) is 1. The Morgan fingerprint density at radius 2 is 1.90 bits per heavy atom. The van der Waals surface area contributed by atoms with Gasteiger partial charge in [0.05, 0.1) is 5.02 Å². The molecule has 0 unspecified atom stereocenters. The molecule has 0 saturated carbocycles. The van der Waals surface area contributed by atoms with Gasteiger partial charge in [0, 0.05) is 11.6 Å². The van der Waals surface area contributed by atoms with Gasteiger partial charge >= 0.3 is 0 Å². The second-order valence-electron chi connectivity index (χ2n) is 4.86. The van der Waals surface area contributed by atoms with Crippen molar-refractivity contribution in [3.8, 4) is 5.75 Å². The summed E-state index contributed by atoms with van der Waals surface area (Å²) in [4.78, 5) is 0. The van der Waals surface area contributed by atoms with Gasteiger partial charge in [0.1, 0.15) is 12.4 Å². The lowest BCUT2D eigenvalue weighted by Crippen LogP contribution is -2.13. The number of rotatable bonds is 7. The lowest BCUT2D eigenvalue weighted by Gasteiger charge is -2.10. The Morgan fingerprint density at radius 3 is 2.62 bits per heavy atom. The fraction of sp³-hybridized carbons (Fsp3) is 0.294. The summed E-state index contributed by atoms with van der Waals surface area (Å²) in [5.74, 6) is 0.691. The standard InChI is InChI=1S/C17H19Cl2NO/c1-2-8-20-11-13-6-7-17(16(19)10-13)21-12-14-4-3-5-15(18)9-14/h3-7,9-10,20H,2,8,11-12H2,1H3. The molecule has 0 saturated heterocycles. The van der Waals surface area contributed by atoms with Crippen molar-refractivity contribution in [3.05, 3.63) is 63.6 Å². The van der Waals surface area contributed by atoms with Crippen molar-refractivity contribution in [1.82, 2.24) is 5.32 Å². The molecule has 0 aliphatic heterocycles. The molecule has 0 bridgehead atoms. The fourth-order valence-electron chi connectivity index (χ4n) is 1.97. The molecule has 0 fully saturated rings. The second kappa shape index (κ2) is 8.28. The first-order valence-corrected chi connectivity index (χ1v) is 7.81. The maximum absolute atomic E-state index is 6.26. The SMILES string of the molecule is CCCNCc1ccc(OCc2cccc(Cl)c2)c(Cl)c1. The first-order chi connectivity index (χ1) is 10.2. The molecule has 2 nitrogen and oxygen atoms in total. The van der Waals surface area contributed by atoms with Gasteiger partial charge in [0.25, 0.3) is 0 Å². The van der Waals surface area contributed by atoms with Crippen LogP contribution in [0, 0.1) is 0 Å². The molecule has 21 heavy (non-hydrogen) atoms. The van der Waals surface area contributed by atoms with Crippen LogP contribution in [0.3, 0.4) is 0 Å². The van der Waals surface area contributed by atoms with Crippen molar-refractivity contribution in [2.75, 3.05) is 6.54 Å². The highest BCUT2D eigenvalue weighted by Crippen LogP contribution is 2.26. The smallest absolute Gasteiger partial charge is 0.138 e. The molecule has 2 rings (SSSR count). The third-order valence-electron chi connectivity index (χ3n) is 3.04. The van der Waals surface area contributed by atoms with E-state index in [4.69, 9.17) is 27.9 Å². The average molecular weight is 324 g/mol. The van der Waals surface area contributed by atoms with Crippen molar-refractivity contribution < 1.29 is 4.74 Å². The monoisotopic (exact) mass is 323 g/mol. The molecule has 0 aliphatic carbocycles. The van der Waals surface area contributed by atoms with Crippen molar-refractivity contribution in [2.24, 2.45) is 0 Å². The molecular formula is C17H19Cl2NO. The summed E-state index contributed by atoms with van der Waals surface area (Å²) in [6, 6.07) is 13.5. The number of ether oxygens (including phenoxy) is 1. The van der Waals surface area contributed by atoms with Crippen molar-refractivity contribution in [2.45, 2.75) is 26.5 Å². The zero-order valence-electron chi connectivity index (χ0n) is 12.0. The molecule has 1 N–H and O–H groups in total. The van der Waals surface area contributed by atoms with Gasteiger partial charge < -0.3 is 10.1 Å². The van der Waals surface area contributed by atoms with E-state index in [9.17, 15) is 0 Å². The Labute approximate surface area is 136 Å². The van der Waals surface area contributed by atoms with Gasteiger partial charge in [-0.3, -0.25) is 0 Å². The van der Waals surface area contributed by atoms with Crippen LogP contribution in [-0.2, 0) is 13.2 Å². The normalized spacial score (nSPS) is 10.6. The second-order valence-corrected chi connectivity index (χ2v) is 5.70. The lowest BCUT2D eigenvalue weighted by molar-refractivity contribution is 0.306. The minimum Gasteiger partial charge on any atom is -0.487 e. The lowest BCUT2D eigenvalue weighted by atomic mass is 10.2. The number of benzene rings is 2. The molecule has 2 aromatic rings. The maximum Gasteiger partial charge on any atom is 0.138 e. The Balaban J connectivity index is 1.94. The molecule has 0 heterocycles. The van der Waals surface area contributed by atoms with Crippen molar-refractivity contribution >= 4 is 23.2 Å². The number of halogens is 2. The van der Waals surface area contributed by atoms with E-state index in [0.717, 1.165) is 30.6 Å². The van der Waals surface area contributed by atoms with Gasteiger partial charge in [0.2, 0.25) is 0 Å². The van der Waals surface area contributed by atoms with Gasteiger partial charge in [-0.1, -0.05) is 48.3 Å². The topological polar surface area (TPSA) is 21.3 Å². The zero-order valence-corrected chi connectivity index (χ0v) is 13.5. The molecule has 2 aromatic carbocycles. The summed E-state index contributed by atoms with van der Waals surface area (Å²) in [5, 5.41) is 4.69. The summed E-state index contributed by atoms with van der Waals surface area (Å²) >= 11 is 12.2. The van der Waals surface area contributed by atoms with E-state index in [1.807, 2.05) is 42.5 Å². The minimum absolute atomic E-state index is 0.452. The summed E-state index contributed by atoms with van der Waals surface area (Å²) in [6.45, 7) is 4.42. The van der Waals surface area contributed by atoms with Crippen molar-refractivity contribution in [1.29, 1.82) is 0 Å².